The van der Waals surface area contributed by atoms with Crippen LogP contribution in [0.3, 0.4) is 0 Å². The monoisotopic (exact) mass is 480 g/mol. The average Bonchev–Trinajstić information content (AvgIpc) is 3.44. The van der Waals surface area contributed by atoms with Crippen LogP contribution in [-0.2, 0) is 27.6 Å². The summed E-state index contributed by atoms with van der Waals surface area (Å²) in [5.41, 5.74) is 1.39. The Hall–Kier alpha value is -2.30. The lowest BCUT2D eigenvalue weighted by molar-refractivity contribution is 0.0858. The van der Waals surface area contributed by atoms with E-state index in [1.165, 1.54) is 37.7 Å². The summed E-state index contributed by atoms with van der Waals surface area (Å²) >= 11 is 1.35. The zero-order valence-corrected chi connectivity index (χ0v) is 19.9. The first kappa shape index (κ1) is 22.9. The summed E-state index contributed by atoms with van der Waals surface area (Å²) in [7, 11) is -0.999. The van der Waals surface area contributed by atoms with Crippen molar-refractivity contribution in [2.45, 2.75) is 49.5 Å². The molecule has 10 heteroatoms. The standard InChI is InChI=1S/C22H28N2O6S2/c1-28-17-10-9-15(12-18(17)29-2)32(26,27)24-22-20(16-7-3-4-8-19(16)31-22)21(25)23-13-14-6-5-11-30-14/h9-10,12,14,24H,3-8,11,13H2,1-2H3,(H,23,25)/t14-/m0/s1. The number of sulfonamides is 1. The first-order valence-electron chi connectivity index (χ1n) is 10.7. The maximum absolute atomic E-state index is 13.2. The van der Waals surface area contributed by atoms with Gasteiger partial charge in [-0.05, 0) is 56.2 Å². The van der Waals surface area contributed by atoms with Gasteiger partial charge in [0.05, 0.1) is 30.8 Å². The number of rotatable bonds is 8. The molecule has 1 aromatic carbocycles. The number of methoxy groups -OCH3 is 2. The molecule has 2 aliphatic rings. The van der Waals surface area contributed by atoms with E-state index in [0.29, 0.717) is 35.2 Å². The molecule has 0 spiro atoms. The molecule has 1 amide bonds. The number of amides is 1. The van der Waals surface area contributed by atoms with Crippen LogP contribution in [0.25, 0.3) is 0 Å². The van der Waals surface area contributed by atoms with Gasteiger partial charge in [-0.1, -0.05) is 0 Å². The van der Waals surface area contributed by atoms with E-state index < -0.39 is 10.0 Å². The van der Waals surface area contributed by atoms with Crippen molar-refractivity contribution in [3.8, 4) is 11.5 Å². The first-order chi connectivity index (χ1) is 15.4. The van der Waals surface area contributed by atoms with Gasteiger partial charge in [-0.3, -0.25) is 9.52 Å². The topological polar surface area (TPSA) is 103 Å². The van der Waals surface area contributed by atoms with Crippen LogP contribution in [0.2, 0.25) is 0 Å². The van der Waals surface area contributed by atoms with E-state index in [0.717, 1.165) is 49.0 Å². The third-order valence-electron chi connectivity index (χ3n) is 5.81. The van der Waals surface area contributed by atoms with Gasteiger partial charge in [0, 0.05) is 24.1 Å². The third kappa shape index (κ3) is 4.72. The van der Waals surface area contributed by atoms with Gasteiger partial charge in [-0.25, -0.2) is 8.42 Å². The lowest BCUT2D eigenvalue weighted by atomic mass is 9.95. The Labute approximate surface area is 192 Å². The molecule has 174 valence electrons. The minimum absolute atomic E-state index is 0.0142. The fraction of sp³-hybridized carbons (Fsp3) is 0.500. The van der Waals surface area contributed by atoms with Crippen LogP contribution in [0.15, 0.2) is 23.1 Å². The Morgan fingerprint density at radius 2 is 1.94 bits per heavy atom. The Kier molecular flexibility index (Phi) is 6.92. The highest BCUT2D eigenvalue weighted by Gasteiger charge is 2.29. The van der Waals surface area contributed by atoms with Gasteiger partial charge in [0.2, 0.25) is 0 Å². The number of benzene rings is 1. The predicted octanol–water partition coefficient (Wildman–Crippen LogP) is 3.35. The Bertz CT molecular complexity index is 1090. The fourth-order valence-electron chi connectivity index (χ4n) is 4.14. The number of ether oxygens (including phenoxy) is 3. The molecule has 1 aliphatic carbocycles. The van der Waals surface area contributed by atoms with Gasteiger partial charge >= 0.3 is 0 Å². The quantitative estimate of drug-likeness (QED) is 0.601. The van der Waals surface area contributed by atoms with E-state index >= 15 is 0 Å². The SMILES string of the molecule is COc1ccc(S(=O)(=O)Nc2sc3c(c2C(=O)NC[C@@H]2CCCO2)CCCC3)cc1OC. The number of carbonyl (C=O) groups excluding carboxylic acids is 1. The van der Waals surface area contributed by atoms with Crippen LogP contribution < -0.4 is 19.5 Å². The third-order valence-corrected chi connectivity index (χ3v) is 8.49. The predicted molar refractivity (Wildman–Crippen MR) is 123 cm³/mol. The highest BCUT2D eigenvalue weighted by atomic mass is 32.2. The van der Waals surface area contributed by atoms with Crippen LogP contribution in [0, 0.1) is 0 Å². The molecule has 32 heavy (non-hydrogen) atoms. The minimum atomic E-state index is -3.94. The molecule has 0 radical (unpaired) electrons. The van der Waals surface area contributed by atoms with Gasteiger partial charge < -0.3 is 19.5 Å². The van der Waals surface area contributed by atoms with Gasteiger partial charge in [0.25, 0.3) is 15.9 Å². The number of anilines is 1. The Balaban J connectivity index is 1.62. The summed E-state index contributed by atoms with van der Waals surface area (Å²) in [6, 6.07) is 4.41. The molecule has 2 aromatic rings. The van der Waals surface area contributed by atoms with Crippen molar-refractivity contribution in [2.24, 2.45) is 0 Å². The number of thiophene rings is 1. The van der Waals surface area contributed by atoms with Gasteiger partial charge in [-0.15, -0.1) is 11.3 Å². The lowest BCUT2D eigenvalue weighted by Crippen LogP contribution is -2.32. The normalized spacial score (nSPS) is 18.1. The zero-order valence-electron chi connectivity index (χ0n) is 18.2. The summed E-state index contributed by atoms with van der Waals surface area (Å²) < 4.78 is 45.0. The number of aryl methyl sites for hydroxylation is 1. The second-order valence-electron chi connectivity index (χ2n) is 7.88. The minimum Gasteiger partial charge on any atom is -0.493 e. The van der Waals surface area contributed by atoms with Gasteiger partial charge in [0.1, 0.15) is 5.00 Å². The summed E-state index contributed by atoms with van der Waals surface area (Å²) in [4.78, 5) is 14.2. The van der Waals surface area contributed by atoms with Crippen molar-refractivity contribution in [2.75, 3.05) is 32.1 Å². The van der Waals surface area contributed by atoms with Crippen LogP contribution in [-0.4, -0.2) is 47.8 Å². The lowest BCUT2D eigenvalue weighted by Gasteiger charge is -2.15. The first-order valence-corrected chi connectivity index (χ1v) is 13.0. The van der Waals surface area contributed by atoms with Gasteiger partial charge in [-0.2, -0.15) is 0 Å². The van der Waals surface area contributed by atoms with Crippen molar-refractivity contribution in [3.63, 3.8) is 0 Å². The van der Waals surface area contributed by atoms with Crippen molar-refractivity contribution < 1.29 is 27.4 Å². The molecular weight excluding hydrogens is 452 g/mol. The number of carbonyl (C=O) groups is 1. The molecule has 4 rings (SSSR count). The number of nitrogens with one attached hydrogen (secondary N) is 2. The molecule has 0 unspecified atom stereocenters. The van der Waals surface area contributed by atoms with Crippen molar-refractivity contribution in [1.82, 2.24) is 5.32 Å². The van der Waals surface area contributed by atoms with E-state index in [1.807, 2.05) is 0 Å². The summed E-state index contributed by atoms with van der Waals surface area (Å²) in [5.74, 6) is 0.493. The van der Waals surface area contributed by atoms with E-state index in [1.54, 1.807) is 6.07 Å². The second-order valence-corrected chi connectivity index (χ2v) is 10.7. The second kappa shape index (κ2) is 9.68. The molecule has 1 saturated heterocycles. The molecule has 1 aromatic heterocycles. The number of fused-ring (bicyclic) bond motifs is 1. The maximum atomic E-state index is 13.2. The highest BCUT2D eigenvalue weighted by molar-refractivity contribution is 7.93. The molecule has 2 N–H and O–H groups in total. The summed E-state index contributed by atoms with van der Waals surface area (Å²) in [5, 5.41) is 3.31. The van der Waals surface area contributed by atoms with Crippen LogP contribution in [0.5, 0.6) is 11.5 Å². The Morgan fingerprint density at radius 3 is 2.66 bits per heavy atom. The highest BCUT2D eigenvalue weighted by Crippen LogP contribution is 2.39. The van der Waals surface area contributed by atoms with Crippen LogP contribution in [0.1, 0.15) is 46.5 Å². The summed E-state index contributed by atoms with van der Waals surface area (Å²) in [6.07, 6.45) is 5.56. The van der Waals surface area contributed by atoms with E-state index in [4.69, 9.17) is 14.2 Å². The van der Waals surface area contributed by atoms with Crippen molar-refractivity contribution >= 4 is 32.3 Å². The summed E-state index contributed by atoms with van der Waals surface area (Å²) in [6.45, 7) is 1.14. The molecule has 2 heterocycles. The molecule has 1 atom stereocenters. The molecule has 1 fully saturated rings. The van der Waals surface area contributed by atoms with Crippen LogP contribution >= 0.6 is 11.3 Å². The van der Waals surface area contributed by atoms with E-state index in [2.05, 4.69) is 10.0 Å². The average molecular weight is 481 g/mol. The fourth-order valence-corrected chi connectivity index (χ4v) is 6.75. The Morgan fingerprint density at radius 1 is 1.16 bits per heavy atom. The van der Waals surface area contributed by atoms with Gasteiger partial charge in [0.15, 0.2) is 11.5 Å². The number of hydrogen-bond acceptors (Lipinski definition) is 7. The molecule has 0 bridgehead atoms. The van der Waals surface area contributed by atoms with E-state index in [9.17, 15) is 13.2 Å². The zero-order chi connectivity index (χ0) is 22.7. The maximum Gasteiger partial charge on any atom is 0.262 e. The number of hydrogen-bond donors (Lipinski definition) is 2. The van der Waals surface area contributed by atoms with E-state index in [-0.39, 0.29) is 16.9 Å². The largest absolute Gasteiger partial charge is 0.493 e. The molecule has 0 saturated carbocycles. The van der Waals surface area contributed by atoms with Crippen LogP contribution in [0.4, 0.5) is 5.00 Å². The molecule has 1 aliphatic heterocycles. The van der Waals surface area contributed by atoms with Crippen molar-refractivity contribution in [3.05, 3.63) is 34.2 Å². The smallest absolute Gasteiger partial charge is 0.262 e. The molecule has 8 nitrogen and oxygen atoms in total. The van der Waals surface area contributed by atoms with Crippen molar-refractivity contribution in [1.29, 1.82) is 0 Å². The molecular formula is C22H28N2O6S2.